The van der Waals surface area contributed by atoms with Crippen molar-refractivity contribution in [3.63, 3.8) is 0 Å². The van der Waals surface area contributed by atoms with Crippen molar-refractivity contribution in [2.45, 2.75) is 70.0 Å². The van der Waals surface area contributed by atoms with E-state index in [0.29, 0.717) is 12.8 Å². The molecule has 0 spiro atoms. The van der Waals surface area contributed by atoms with Gasteiger partial charge in [0.15, 0.2) is 0 Å². The lowest BCUT2D eigenvalue weighted by Gasteiger charge is -2.39. The minimum atomic E-state index is -4.05. The highest BCUT2D eigenvalue weighted by atomic mass is 19.4. The first-order valence-electron chi connectivity index (χ1n) is 7.97. The van der Waals surface area contributed by atoms with Gasteiger partial charge < -0.3 is 5.32 Å². The Morgan fingerprint density at radius 2 is 1.85 bits per heavy atom. The fourth-order valence-corrected chi connectivity index (χ4v) is 3.96. The Bertz CT molecular complexity index is 335. The van der Waals surface area contributed by atoms with E-state index in [1.165, 1.54) is 18.4 Å². The van der Waals surface area contributed by atoms with Crippen LogP contribution < -0.4 is 5.32 Å². The van der Waals surface area contributed by atoms with Crippen LogP contribution in [-0.4, -0.2) is 19.3 Å². The number of nitrogens with one attached hydrogen (secondary N) is 1. The standard InChI is InChI=1S/C16H26F3N/c1-20-15(12-8-4-2-3-5-9-12)13-10-6-7-11-14(13)16(17,18)19/h8,13-15,20H,2-7,9-11H2,1H3. The summed E-state index contributed by atoms with van der Waals surface area (Å²) < 4.78 is 39.9. The third kappa shape index (κ3) is 3.78. The summed E-state index contributed by atoms with van der Waals surface area (Å²) in [5, 5.41) is 3.20. The lowest BCUT2D eigenvalue weighted by atomic mass is 9.72. The normalized spacial score (nSPS) is 30.5. The van der Waals surface area contributed by atoms with Gasteiger partial charge in [-0.1, -0.05) is 30.9 Å². The molecule has 3 unspecified atom stereocenters. The molecular formula is C16H26F3N. The van der Waals surface area contributed by atoms with Crippen molar-refractivity contribution < 1.29 is 13.2 Å². The van der Waals surface area contributed by atoms with Crippen LogP contribution in [0, 0.1) is 11.8 Å². The first kappa shape index (κ1) is 15.9. The molecule has 4 heteroatoms. The minimum Gasteiger partial charge on any atom is -0.313 e. The Hall–Kier alpha value is -0.510. The van der Waals surface area contributed by atoms with Crippen LogP contribution in [-0.2, 0) is 0 Å². The maximum absolute atomic E-state index is 13.3. The second-order valence-electron chi connectivity index (χ2n) is 6.24. The molecule has 2 aliphatic rings. The number of alkyl halides is 3. The van der Waals surface area contributed by atoms with Gasteiger partial charge in [0, 0.05) is 6.04 Å². The Morgan fingerprint density at radius 1 is 1.10 bits per heavy atom. The third-order valence-corrected chi connectivity index (χ3v) is 4.95. The predicted octanol–water partition coefficient (Wildman–Crippen LogP) is 4.83. The lowest BCUT2D eigenvalue weighted by Crippen LogP contribution is -2.45. The lowest BCUT2D eigenvalue weighted by molar-refractivity contribution is -0.198. The molecule has 20 heavy (non-hydrogen) atoms. The van der Waals surface area contributed by atoms with Crippen LogP contribution in [0.4, 0.5) is 13.2 Å². The largest absolute Gasteiger partial charge is 0.392 e. The highest BCUT2D eigenvalue weighted by Crippen LogP contribution is 2.44. The second-order valence-corrected chi connectivity index (χ2v) is 6.24. The molecule has 116 valence electrons. The molecule has 0 bridgehead atoms. The van der Waals surface area contributed by atoms with E-state index < -0.39 is 12.1 Å². The molecule has 0 aliphatic heterocycles. The van der Waals surface area contributed by atoms with E-state index >= 15 is 0 Å². The van der Waals surface area contributed by atoms with E-state index in [1.54, 1.807) is 0 Å². The fourth-order valence-electron chi connectivity index (χ4n) is 3.96. The molecule has 1 nitrogen and oxygen atoms in total. The molecule has 3 atom stereocenters. The van der Waals surface area contributed by atoms with E-state index in [-0.39, 0.29) is 12.0 Å². The smallest absolute Gasteiger partial charge is 0.313 e. The zero-order valence-electron chi connectivity index (χ0n) is 12.3. The summed E-state index contributed by atoms with van der Waals surface area (Å²) in [6.45, 7) is 0. The Balaban J connectivity index is 2.17. The van der Waals surface area contributed by atoms with Crippen molar-refractivity contribution in [3.05, 3.63) is 11.6 Å². The average Bonchev–Trinajstić information content (AvgIpc) is 2.68. The van der Waals surface area contributed by atoms with Gasteiger partial charge in [-0.05, 0) is 51.5 Å². The molecule has 0 aromatic heterocycles. The van der Waals surface area contributed by atoms with Gasteiger partial charge in [-0.25, -0.2) is 0 Å². The van der Waals surface area contributed by atoms with E-state index in [0.717, 1.165) is 32.1 Å². The SMILES string of the molecule is CNC(C1=CCCCCC1)C1CCCCC1C(F)(F)F. The summed E-state index contributed by atoms with van der Waals surface area (Å²) in [4.78, 5) is 0. The van der Waals surface area contributed by atoms with Crippen LogP contribution in [0.2, 0.25) is 0 Å². The topological polar surface area (TPSA) is 12.0 Å². The van der Waals surface area contributed by atoms with E-state index in [9.17, 15) is 13.2 Å². The molecule has 0 amide bonds. The van der Waals surface area contributed by atoms with Crippen LogP contribution in [0.1, 0.15) is 57.8 Å². The first-order valence-corrected chi connectivity index (χ1v) is 7.97. The van der Waals surface area contributed by atoms with Crippen molar-refractivity contribution in [3.8, 4) is 0 Å². The summed E-state index contributed by atoms with van der Waals surface area (Å²) in [6, 6.07) is -0.0833. The number of hydrogen-bond acceptors (Lipinski definition) is 1. The second kappa shape index (κ2) is 6.97. The summed E-state index contributed by atoms with van der Waals surface area (Å²) in [5.41, 5.74) is 1.23. The molecule has 0 aromatic carbocycles. The van der Waals surface area contributed by atoms with Crippen LogP contribution in [0.25, 0.3) is 0 Å². The zero-order valence-corrected chi connectivity index (χ0v) is 12.3. The fraction of sp³-hybridized carbons (Fsp3) is 0.875. The first-order chi connectivity index (χ1) is 9.54. The molecule has 1 saturated carbocycles. The van der Waals surface area contributed by atoms with Gasteiger partial charge in [0.25, 0.3) is 0 Å². The minimum absolute atomic E-state index is 0.0833. The van der Waals surface area contributed by atoms with Gasteiger partial charge in [-0.2, -0.15) is 13.2 Å². The van der Waals surface area contributed by atoms with Crippen molar-refractivity contribution >= 4 is 0 Å². The van der Waals surface area contributed by atoms with Crippen LogP contribution in [0.5, 0.6) is 0 Å². The predicted molar refractivity (Wildman–Crippen MR) is 75.5 cm³/mol. The van der Waals surface area contributed by atoms with Crippen molar-refractivity contribution in [1.82, 2.24) is 5.32 Å². The summed E-state index contributed by atoms with van der Waals surface area (Å²) >= 11 is 0. The van der Waals surface area contributed by atoms with Crippen LogP contribution >= 0.6 is 0 Å². The number of likely N-dealkylation sites (N-methyl/N-ethyl adjacent to an activating group) is 1. The van der Waals surface area contributed by atoms with Gasteiger partial charge in [0.2, 0.25) is 0 Å². The molecule has 2 aliphatic carbocycles. The molecule has 1 fully saturated rings. The zero-order chi connectivity index (χ0) is 14.6. The van der Waals surface area contributed by atoms with Crippen LogP contribution in [0.15, 0.2) is 11.6 Å². The number of halogens is 3. The monoisotopic (exact) mass is 289 g/mol. The molecule has 2 rings (SSSR count). The average molecular weight is 289 g/mol. The molecule has 0 aromatic rings. The molecule has 0 saturated heterocycles. The van der Waals surface area contributed by atoms with E-state index in [1.807, 2.05) is 7.05 Å². The number of hydrogen-bond donors (Lipinski definition) is 1. The Morgan fingerprint density at radius 3 is 2.55 bits per heavy atom. The van der Waals surface area contributed by atoms with Gasteiger partial charge >= 0.3 is 6.18 Å². The third-order valence-electron chi connectivity index (χ3n) is 4.95. The van der Waals surface area contributed by atoms with Crippen molar-refractivity contribution in [2.24, 2.45) is 11.8 Å². The highest BCUT2D eigenvalue weighted by Gasteiger charge is 2.48. The summed E-state index contributed by atoms with van der Waals surface area (Å²) in [6.07, 6.45) is 6.29. The highest BCUT2D eigenvalue weighted by molar-refractivity contribution is 5.15. The van der Waals surface area contributed by atoms with E-state index in [4.69, 9.17) is 0 Å². The number of rotatable bonds is 3. The molecular weight excluding hydrogens is 263 g/mol. The van der Waals surface area contributed by atoms with Crippen molar-refractivity contribution in [1.29, 1.82) is 0 Å². The van der Waals surface area contributed by atoms with Gasteiger partial charge in [0.1, 0.15) is 0 Å². The number of allylic oxidation sites excluding steroid dienone is 1. The quantitative estimate of drug-likeness (QED) is 0.733. The summed E-state index contributed by atoms with van der Waals surface area (Å²) in [5.74, 6) is -1.41. The van der Waals surface area contributed by atoms with Gasteiger partial charge in [-0.3, -0.25) is 0 Å². The molecule has 0 heterocycles. The molecule has 0 radical (unpaired) electrons. The maximum Gasteiger partial charge on any atom is 0.392 e. The summed E-state index contributed by atoms with van der Waals surface area (Å²) in [7, 11) is 1.82. The van der Waals surface area contributed by atoms with Gasteiger partial charge in [0.05, 0.1) is 5.92 Å². The maximum atomic E-state index is 13.3. The van der Waals surface area contributed by atoms with E-state index in [2.05, 4.69) is 11.4 Å². The molecule has 1 N–H and O–H groups in total. The Labute approximate surface area is 120 Å². The Kier molecular flexibility index (Phi) is 5.53. The van der Waals surface area contributed by atoms with Crippen molar-refractivity contribution in [2.75, 3.05) is 7.05 Å². The van der Waals surface area contributed by atoms with Crippen LogP contribution in [0.3, 0.4) is 0 Å². The van der Waals surface area contributed by atoms with Gasteiger partial charge in [-0.15, -0.1) is 0 Å².